The van der Waals surface area contributed by atoms with Crippen LogP contribution in [0.5, 0.6) is 0 Å². The van der Waals surface area contributed by atoms with Gasteiger partial charge in [0.25, 0.3) is 0 Å². The molecule has 0 aromatic carbocycles. The third-order valence-corrected chi connectivity index (χ3v) is 4.72. The molecule has 1 saturated heterocycles. The van der Waals surface area contributed by atoms with E-state index < -0.39 is 72.6 Å². The van der Waals surface area contributed by atoms with Crippen LogP contribution in [-0.2, 0) is 28.8 Å². The van der Waals surface area contributed by atoms with E-state index in [4.69, 9.17) is 15.3 Å². The zero-order chi connectivity index (χ0) is 24.4. The third kappa shape index (κ3) is 9.29. The summed E-state index contributed by atoms with van der Waals surface area (Å²) in [6.07, 6.45) is -0.237. The molecule has 1 fully saturated rings. The summed E-state index contributed by atoms with van der Waals surface area (Å²) < 4.78 is 0. The van der Waals surface area contributed by atoms with Gasteiger partial charge in [-0.2, -0.15) is 0 Å². The molecular weight excluding hydrogens is 428 g/mol. The Morgan fingerprint density at radius 1 is 0.844 bits per heavy atom. The number of aliphatic carboxylic acids is 3. The highest BCUT2D eigenvalue weighted by Crippen LogP contribution is 2.09. The monoisotopic (exact) mass is 458 g/mol. The van der Waals surface area contributed by atoms with Crippen LogP contribution in [0.3, 0.4) is 0 Å². The quantitative estimate of drug-likeness (QED) is 0.166. The van der Waals surface area contributed by atoms with Gasteiger partial charge in [0, 0.05) is 0 Å². The summed E-state index contributed by atoms with van der Waals surface area (Å²) in [6, 6.07) is -4.99. The van der Waals surface area contributed by atoms with Crippen molar-refractivity contribution in [3.05, 3.63) is 0 Å². The van der Waals surface area contributed by atoms with Gasteiger partial charge in [0.2, 0.25) is 17.7 Å². The summed E-state index contributed by atoms with van der Waals surface area (Å²) >= 11 is 0. The molecule has 0 saturated carbocycles. The van der Waals surface area contributed by atoms with Crippen LogP contribution in [0.1, 0.15) is 46.0 Å². The second-order valence-corrected chi connectivity index (χ2v) is 8.00. The topological polar surface area (TPSA) is 211 Å². The molecule has 3 amide bonds. The second-order valence-electron chi connectivity index (χ2n) is 8.00. The summed E-state index contributed by atoms with van der Waals surface area (Å²) in [5, 5.41) is 36.8. The highest BCUT2D eigenvalue weighted by molar-refractivity contribution is 5.96. The van der Waals surface area contributed by atoms with Crippen molar-refractivity contribution >= 4 is 35.6 Å². The van der Waals surface area contributed by atoms with Crippen LogP contribution >= 0.6 is 0 Å². The first-order chi connectivity index (χ1) is 14.9. The minimum Gasteiger partial charge on any atom is -0.481 e. The van der Waals surface area contributed by atoms with Gasteiger partial charge in [-0.15, -0.1) is 0 Å². The van der Waals surface area contributed by atoms with Crippen molar-refractivity contribution in [2.45, 2.75) is 70.1 Å². The number of amides is 3. The van der Waals surface area contributed by atoms with Crippen LogP contribution in [0.25, 0.3) is 0 Å². The molecule has 1 aliphatic heterocycles. The second kappa shape index (κ2) is 12.6. The van der Waals surface area contributed by atoms with Crippen LogP contribution in [0, 0.1) is 5.92 Å². The molecule has 0 spiro atoms. The minimum absolute atomic E-state index is 0.0644. The third-order valence-electron chi connectivity index (χ3n) is 4.72. The van der Waals surface area contributed by atoms with Gasteiger partial charge >= 0.3 is 17.9 Å². The first kappa shape index (κ1) is 26.8. The lowest BCUT2D eigenvalue weighted by Gasteiger charge is -2.25. The Balaban J connectivity index is 2.93. The van der Waals surface area contributed by atoms with E-state index in [1.54, 1.807) is 13.8 Å². The molecular formula is C19H30N4O9. The molecule has 0 bridgehead atoms. The first-order valence-corrected chi connectivity index (χ1v) is 10.2. The van der Waals surface area contributed by atoms with Crippen molar-refractivity contribution < 1.29 is 44.1 Å². The number of carbonyl (C=O) groups excluding carboxylic acids is 3. The zero-order valence-corrected chi connectivity index (χ0v) is 17.9. The number of carboxylic acids is 3. The fraction of sp³-hybridized carbons (Fsp3) is 0.684. The molecule has 0 radical (unpaired) electrons. The summed E-state index contributed by atoms with van der Waals surface area (Å²) in [7, 11) is 0. The van der Waals surface area contributed by atoms with E-state index in [1.807, 2.05) is 0 Å². The molecule has 0 aliphatic carbocycles. The van der Waals surface area contributed by atoms with Gasteiger partial charge in [0.1, 0.15) is 18.1 Å². The largest absolute Gasteiger partial charge is 0.481 e. The molecule has 1 heterocycles. The average molecular weight is 458 g/mol. The minimum atomic E-state index is -1.71. The van der Waals surface area contributed by atoms with Crippen LogP contribution in [0.2, 0.25) is 0 Å². The number of carboxylic acid groups (broad SMARTS) is 3. The number of hydrogen-bond donors (Lipinski definition) is 7. The van der Waals surface area contributed by atoms with Gasteiger partial charge in [-0.1, -0.05) is 13.8 Å². The molecule has 13 heteroatoms. The SMILES string of the molecule is CC(C)CC(NC(=O)C(CC(=O)O)NC(=O)C1CCCN1)C(=O)NC(CC(=O)O)C(=O)O. The van der Waals surface area contributed by atoms with E-state index in [0.29, 0.717) is 13.0 Å². The molecule has 13 nitrogen and oxygen atoms in total. The maximum atomic E-state index is 12.7. The number of carbonyl (C=O) groups is 6. The van der Waals surface area contributed by atoms with Gasteiger partial charge in [-0.3, -0.25) is 24.0 Å². The summed E-state index contributed by atoms with van der Waals surface area (Å²) in [5.74, 6) is -6.88. The predicted molar refractivity (Wildman–Crippen MR) is 108 cm³/mol. The van der Waals surface area contributed by atoms with Gasteiger partial charge in [-0.25, -0.2) is 4.79 Å². The fourth-order valence-electron chi connectivity index (χ4n) is 3.19. The van der Waals surface area contributed by atoms with Gasteiger partial charge in [-0.05, 0) is 31.7 Å². The Kier molecular flexibility index (Phi) is 10.5. The number of nitrogens with one attached hydrogen (secondary N) is 4. The van der Waals surface area contributed by atoms with Gasteiger partial charge in [0.15, 0.2) is 0 Å². The van der Waals surface area contributed by atoms with Crippen molar-refractivity contribution in [2.24, 2.45) is 5.92 Å². The maximum Gasteiger partial charge on any atom is 0.326 e. The van der Waals surface area contributed by atoms with Crippen molar-refractivity contribution in [3.8, 4) is 0 Å². The van der Waals surface area contributed by atoms with E-state index in [9.17, 15) is 28.8 Å². The van der Waals surface area contributed by atoms with E-state index in [-0.39, 0.29) is 12.3 Å². The zero-order valence-electron chi connectivity index (χ0n) is 17.9. The van der Waals surface area contributed by atoms with Crippen LogP contribution in [-0.4, -0.2) is 81.7 Å². The molecule has 32 heavy (non-hydrogen) atoms. The smallest absolute Gasteiger partial charge is 0.326 e. The van der Waals surface area contributed by atoms with Crippen molar-refractivity contribution in [2.75, 3.05) is 6.54 Å². The van der Waals surface area contributed by atoms with Gasteiger partial charge in [0.05, 0.1) is 18.9 Å². The highest BCUT2D eigenvalue weighted by atomic mass is 16.4. The average Bonchev–Trinajstić information content (AvgIpc) is 3.20. The number of hydrogen-bond acceptors (Lipinski definition) is 7. The summed E-state index contributed by atoms with van der Waals surface area (Å²) in [4.78, 5) is 70.9. The lowest BCUT2D eigenvalue weighted by atomic mass is 10.0. The standard InChI is InChI=1S/C19H30N4O9/c1-9(2)6-11(17(29)23-13(19(31)32)8-15(26)27)21-18(30)12(7-14(24)25)22-16(28)10-4-3-5-20-10/h9-13,20H,3-8H2,1-2H3,(H,21,30)(H,22,28)(H,23,29)(H,24,25)(H,26,27)(H,31,32). The van der Waals surface area contributed by atoms with Crippen molar-refractivity contribution in [1.82, 2.24) is 21.3 Å². The lowest BCUT2D eigenvalue weighted by Crippen LogP contribution is -2.57. The molecule has 4 unspecified atom stereocenters. The van der Waals surface area contributed by atoms with Crippen LogP contribution in [0.15, 0.2) is 0 Å². The van der Waals surface area contributed by atoms with Crippen LogP contribution < -0.4 is 21.3 Å². The van der Waals surface area contributed by atoms with Crippen molar-refractivity contribution in [1.29, 1.82) is 0 Å². The molecule has 1 aliphatic rings. The molecule has 180 valence electrons. The normalized spacial score (nSPS) is 18.3. The molecule has 0 aromatic rings. The predicted octanol–water partition coefficient (Wildman–Crippen LogP) is -1.73. The Hall–Kier alpha value is -3.22. The molecule has 7 N–H and O–H groups in total. The summed E-state index contributed by atoms with van der Waals surface area (Å²) in [5.41, 5.74) is 0. The van der Waals surface area contributed by atoms with E-state index in [0.717, 1.165) is 6.42 Å². The van der Waals surface area contributed by atoms with E-state index in [1.165, 1.54) is 0 Å². The Morgan fingerprint density at radius 3 is 1.84 bits per heavy atom. The first-order valence-electron chi connectivity index (χ1n) is 10.2. The van der Waals surface area contributed by atoms with Crippen molar-refractivity contribution in [3.63, 3.8) is 0 Å². The fourth-order valence-corrected chi connectivity index (χ4v) is 3.19. The lowest BCUT2D eigenvalue weighted by molar-refractivity contribution is -0.147. The maximum absolute atomic E-state index is 12.7. The Morgan fingerprint density at radius 2 is 1.38 bits per heavy atom. The van der Waals surface area contributed by atoms with Gasteiger partial charge < -0.3 is 36.6 Å². The van der Waals surface area contributed by atoms with E-state index >= 15 is 0 Å². The molecule has 1 rings (SSSR count). The van der Waals surface area contributed by atoms with E-state index in [2.05, 4.69) is 21.3 Å². The summed E-state index contributed by atoms with van der Waals surface area (Å²) in [6.45, 7) is 4.09. The Labute approximate surface area is 184 Å². The van der Waals surface area contributed by atoms with Crippen LogP contribution in [0.4, 0.5) is 0 Å². The highest BCUT2D eigenvalue weighted by Gasteiger charge is 2.33. The molecule has 0 aromatic heterocycles. The molecule has 4 atom stereocenters. The Bertz CT molecular complexity index is 734. The number of rotatable bonds is 13.